The zero-order valence-corrected chi connectivity index (χ0v) is 11.4. The third-order valence-electron chi connectivity index (χ3n) is 3.23. The van der Waals surface area contributed by atoms with Crippen LogP contribution in [0.1, 0.15) is 0 Å². The number of ether oxygens (including phenoxy) is 1. The molecule has 1 aromatic carbocycles. The molecule has 1 heterocycles. The van der Waals surface area contributed by atoms with Gasteiger partial charge in [0.05, 0.1) is 18.7 Å². The molecule has 4 nitrogen and oxygen atoms in total. The molecule has 21 heavy (non-hydrogen) atoms. The lowest BCUT2D eigenvalue weighted by molar-refractivity contribution is 0.415. The average Bonchev–Trinajstić information content (AvgIpc) is 3.13. The van der Waals surface area contributed by atoms with E-state index < -0.39 is 0 Å². The summed E-state index contributed by atoms with van der Waals surface area (Å²) >= 11 is 0. The highest BCUT2D eigenvalue weighted by Gasteiger charge is 2.07. The van der Waals surface area contributed by atoms with E-state index in [0.717, 1.165) is 4.68 Å². The molecular weight excluding hydrogens is 264 g/mol. The zero-order valence-electron chi connectivity index (χ0n) is 11.4. The zero-order chi connectivity index (χ0) is 14.8. The van der Waals surface area contributed by atoms with E-state index in [1.54, 1.807) is 31.5 Å². The van der Waals surface area contributed by atoms with Crippen molar-refractivity contribution < 1.29 is 4.74 Å². The van der Waals surface area contributed by atoms with Gasteiger partial charge in [0.1, 0.15) is 5.75 Å². The van der Waals surface area contributed by atoms with Gasteiger partial charge in [0.25, 0.3) is 5.56 Å². The molecule has 1 aromatic heterocycles. The number of hydrogen-bond donors (Lipinski definition) is 0. The summed E-state index contributed by atoms with van der Waals surface area (Å²) in [6.07, 6.45) is 6.66. The fraction of sp³-hybridized carbons (Fsp3) is 0.0588. The first-order valence-corrected chi connectivity index (χ1v) is 6.36. The highest BCUT2D eigenvalue weighted by molar-refractivity contribution is 5.82. The van der Waals surface area contributed by atoms with Crippen molar-refractivity contribution in [2.24, 2.45) is 0 Å². The lowest BCUT2D eigenvalue weighted by Crippen LogP contribution is -2.18. The normalized spacial score (nSPS) is 10.3. The van der Waals surface area contributed by atoms with Crippen molar-refractivity contribution in [3.8, 4) is 29.3 Å². The summed E-state index contributed by atoms with van der Waals surface area (Å²) in [5.74, 6) is 0.683. The molecule has 2 aliphatic carbocycles. The van der Waals surface area contributed by atoms with Crippen molar-refractivity contribution in [1.29, 1.82) is 0 Å². The molecule has 2 aromatic rings. The van der Waals surface area contributed by atoms with Gasteiger partial charge in [0.15, 0.2) is 0 Å². The first-order valence-electron chi connectivity index (χ1n) is 6.36. The summed E-state index contributed by atoms with van der Waals surface area (Å²) < 4.78 is 6.01. The van der Waals surface area contributed by atoms with E-state index in [4.69, 9.17) is 11.2 Å². The predicted octanol–water partition coefficient (Wildman–Crippen LogP) is 2.51. The molecule has 0 aliphatic heterocycles. The third-order valence-corrected chi connectivity index (χ3v) is 3.23. The second-order valence-corrected chi connectivity index (χ2v) is 4.52. The van der Waals surface area contributed by atoms with Crippen LogP contribution >= 0.6 is 0 Å². The Balaban J connectivity index is 0.000000180. The SMILES string of the molecule is C#Cn1ncc2cc(OC)ccc2c1=O.c1cc2cc-2c1. The number of aromatic nitrogens is 2. The highest BCUT2D eigenvalue weighted by atomic mass is 16.5. The maximum absolute atomic E-state index is 11.7. The highest BCUT2D eigenvalue weighted by Crippen LogP contribution is 2.32. The number of benzene rings is 2. The third kappa shape index (κ3) is 2.49. The smallest absolute Gasteiger partial charge is 0.286 e. The number of nitrogens with zero attached hydrogens (tertiary/aromatic N) is 2. The molecule has 0 spiro atoms. The molecule has 2 aliphatic rings. The van der Waals surface area contributed by atoms with Crippen LogP contribution in [0.25, 0.3) is 21.9 Å². The van der Waals surface area contributed by atoms with Crippen molar-refractivity contribution >= 4 is 10.8 Å². The number of methoxy groups -OCH3 is 1. The Hall–Kier alpha value is -3.06. The van der Waals surface area contributed by atoms with Crippen LogP contribution < -0.4 is 10.3 Å². The van der Waals surface area contributed by atoms with Gasteiger partial charge < -0.3 is 4.74 Å². The molecule has 0 fully saturated rings. The first kappa shape index (κ1) is 12.9. The Kier molecular flexibility index (Phi) is 3.17. The van der Waals surface area contributed by atoms with Gasteiger partial charge in [-0.15, -0.1) is 0 Å². The van der Waals surface area contributed by atoms with Crippen molar-refractivity contribution in [3.63, 3.8) is 0 Å². The fourth-order valence-electron chi connectivity index (χ4n) is 2.02. The average molecular weight is 276 g/mol. The van der Waals surface area contributed by atoms with Gasteiger partial charge in [-0.1, -0.05) is 24.6 Å². The van der Waals surface area contributed by atoms with Crippen LogP contribution in [0, 0.1) is 12.5 Å². The van der Waals surface area contributed by atoms with Crippen LogP contribution in [0.3, 0.4) is 0 Å². The van der Waals surface area contributed by atoms with Gasteiger partial charge in [-0.25, -0.2) is 0 Å². The molecule has 0 saturated heterocycles. The van der Waals surface area contributed by atoms with E-state index in [1.165, 1.54) is 11.1 Å². The second-order valence-electron chi connectivity index (χ2n) is 4.52. The van der Waals surface area contributed by atoms with Crippen LogP contribution in [0.5, 0.6) is 5.75 Å². The Morgan fingerprint density at radius 3 is 2.48 bits per heavy atom. The molecule has 0 unspecified atom stereocenters. The molecule has 0 radical (unpaired) electrons. The maximum atomic E-state index is 11.7. The molecule has 0 saturated carbocycles. The van der Waals surface area contributed by atoms with Crippen LogP contribution in [-0.4, -0.2) is 16.9 Å². The van der Waals surface area contributed by atoms with Gasteiger partial charge in [0, 0.05) is 11.4 Å². The van der Waals surface area contributed by atoms with Gasteiger partial charge in [0.2, 0.25) is 0 Å². The van der Waals surface area contributed by atoms with E-state index >= 15 is 0 Å². The summed E-state index contributed by atoms with van der Waals surface area (Å²) in [4.78, 5) is 11.7. The van der Waals surface area contributed by atoms with Crippen LogP contribution in [-0.2, 0) is 0 Å². The summed E-state index contributed by atoms with van der Waals surface area (Å²) in [6.45, 7) is 0. The monoisotopic (exact) mass is 276 g/mol. The molecule has 0 atom stereocenters. The Bertz CT molecular complexity index is 903. The fourth-order valence-corrected chi connectivity index (χ4v) is 2.02. The molecular formula is C17H12N2O2. The Morgan fingerprint density at radius 2 is 1.95 bits per heavy atom. The number of fused-ring (bicyclic) bond motifs is 2. The van der Waals surface area contributed by atoms with E-state index in [2.05, 4.69) is 35.4 Å². The lowest BCUT2D eigenvalue weighted by Gasteiger charge is -2.02. The minimum Gasteiger partial charge on any atom is -0.497 e. The van der Waals surface area contributed by atoms with Gasteiger partial charge >= 0.3 is 0 Å². The Labute approximate surface area is 121 Å². The minimum absolute atomic E-state index is 0.294. The number of hydrogen-bond acceptors (Lipinski definition) is 3. The first-order chi connectivity index (χ1) is 10.2. The minimum atomic E-state index is -0.294. The summed E-state index contributed by atoms with van der Waals surface area (Å²) in [5, 5.41) is 5.06. The molecule has 102 valence electrons. The molecule has 0 bridgehead atoms. The van der Waals surface area contributed by atoms with Gasteiger partial charge in [-0.05, 0) is 35.4 Å². The van der Waals surface area contributed by atoms with E-state index in [1.807, 2.05) is 0 Å². The predicted molar refractivity (Wildman–Crippen MR) is 82.2 cm³/mol. The van der Waals surface area contributed by atoms with Crippen molar-refractivity contribution in [1.82, 2.24) is 9.78 Å². The summed E-state index contributed by atoms with van der Waals surface area (Å²) in [7, 11) is 1.57. The Morgan fingerprint density at radius 1 is 1.19 bits per heavy atom. The van der Waals surface area contributed by atoms with Crippen LogP contribution in [0.4, 0.5) is 0 Å². The summed E-state index contributed by atoms with van der Waals surface area (Å²) in [5.41, 5.74) is 2.56. The molecule has 0 amide bonds. The molecule has 0 N–H and O–H groups in total. The second kappa shape index (κ2) is 5.14. The quantitative estimate of drug-likeness (QED) is 0.502. The van der Waals surface area contributed by atoms with E-state index in [9.17, 15) is 4.79 Å². The molecule has 4 rings (SSSR count). The van der Waals surface area contributed by atoms with Crippen LogP contribution in [0.2, 0.25) is 0 Å². The van der Waals surface area contributed by atoms with Gasteiger partial charge in [-0.2, -0.15) is 9.78 Å². The van der Waals surface area contributed by atoms with Gasteiger partial charge in [-0.3, -0.25) is 4.79 Å². The number of terminal acetylenes is 1. The van der Waals surface area contributed by atoms with Crippen LogP contribution in [0.15, 0.2) is 53.5 Å². The standard InChI is InChI=1S/C11H8N2O2.C6H4/c1-3-13-11(14)10-5-4-9(15-2)6-8(10)7-12-13;1-2-5-4-6(5)3-1/h1,4-7H,2H3;1-4H. The number of rotatable bonds is 1. The largest absolute Gasteiger partial charge is 0.497 e. The topological polar surface area (TPSA) is 44.1 Å². The van der Waals surface area contributed by atoms with E-state index in [0.29, 0.717) is 16.5 Å². The summed E-state index contributed by atoms with van der Waals surface area (Å²) in [6, 6.07) is 15.8. The maximum Gasteiger partial charge on any atom is 0.286 e. The van der Waals surface area contributed by atoms with Crippen molar-refractivity contribution in [3.05, 3.63) is 59.0 Å². The molecule has 4 heteroatoms. The van der Waals surface area contributed by atoms with Crippen molar-refractivity contribution in [2.75, 3.05) is 7.11 Å². The lowest BCUT2D eigenvalue weighted by atomic mass is 10.2. The van der Waals surface area contributed by atoms with E-state index in [-0.39, 0.29) is 5.56 Å². The van der Waals surface area contributed by atoms with Crippen molar-refractivity contribution in [2.45, 2.75) is 0 Å².